The average Bonchev–Trinajstić information content (AvgIpc) is 2.95. The van der Waals surface area contributed by atoms with Gasteiger partial charge in [0, 0.05) is 48.0 Å². The Labute approximate surface area is 305 Å². The van der Waals surface area contributed by atoms with E-state index in [2.05, 4.69) is 44.4 Å². The van der Waals surface area contributed by atoms with Gasteiger partial charge < -0.3 is 46.8 Å². The third-order valence-electron chi connectivity index (χ3n) is 4.48. The number of hydrogen-bond donors (Lipinski definition) is 0. The summed E-state index contributed by atoms with van der Waals surface area (Å²) < 4.78 is 60.1. The SMILES string of the molecule is C=C(C)C(=O)OCCCOP(=O)([O-])OCCCOC(=O)C(=C)C.C=C(C)C(=O)OCCCOP(=O)([O-])OCCCOC(=O)C(=C)C.[Ca+2]. The van der Waals surface area contributed by atoms with Crippen LogP contribution in [0.25, 0.3) is 0 Å². The number of ether oxygens (including phenoxy) is 4. The summed E-state index contributed by atoms with van der Waals surface area (Å²) in [5.41, 5.74) is 1.04. The van der Waals surface area contributed by atoms with Crippen molar-refractivity contribution in [2.45, 2.75) is 53.4 Å². The monoisotopic (exact) mass is 738 g/mol. The zero-order valence-electron chi connectivity index (χ0n) is 27.4. The normalized spacial score (nSPS) is 10.7. The third kappa shape index (κ3) is 31.3. The molecule has 0 radical (unpaired) electrons. The first-order valence-corrected chi connectivity index (χ1v) is 16.7. The van der Waals surface area contributed by atoms with Crippen LogP contribution in [0.3, 0.4) is 0 Å². The predicted molar refractivity (Wildman–Crippen MR) is 166 cm³/mol. The van der Waals surface area contributed by atoms with E-state index in [9.17, 15) is 38.1 Å². The number of phosphoric acid groups is 2. The maximum Gasteiger partial charge on any atom is 2.00 e. The van der Waals surface area contributed by atoms with Crippen molar-refractivity contribution in [1.29, 1.82) is 0 Å². The van der Waals surface area contributed by atoms with Crippen molar-refractivity contribution >= 4 is 77.3 Å². The second-order valence-corrected chi connectivity index (χ2v) is 12.1. The quantitative estimate of drug-likeness (QED) is 0.0347. The van der Waals surface area contributed by atoms with Gasteiger partial charge in [0.25, 0.3) is 15.6 Å². The second-order valence-electron chi connectivity index (χ2n) is 9.31. The van der Waals surface area contributed by atoms with Crippen LogP contribution in [0.2, 0.25) is 0 Å². The molecule has 0 aromatic heterocycles. The molecule has 0 aliphatic heterocycles. The number of carbonyl (C=O) groups excluding carboxylic acids is 4. The molecule has 0 aliphatic rings. The number of hydrogen-bond acceptors (Lipinski definition) is 16. The van der Waals surface area contributed by atoms with E-state index < -0.39 is 39.5 Å². The first kappa shape index (κ1) is 49.7. The molecule has 264 valence electrons. The average molecular weight is 739 g/mol. The Balaban J connectivity index is -0.000000807. The van der Waals surface area contributed by atoms with Crippen LogP contribution in [0.15, 0.2) is 48.6 Å². The maximum atomic E-state index is 11.4. The topological polar surface area (TPSA) is 222 Å². The van der Waals surface area contributed by atoms with Crippen molar-refractivity contribution in [2.75, 3.05) is 52.9 Å². The summed E-state index contributed by atoms with van der Waals surface area (Å²) in [6.07, 6.45) is 0.797. The molecule has 47 heavy (non-hydrogen) atoms. The van der Waals surface area contributed by atoms with E-state index in [0.717, 1.165) is 0 Å². The minimum atomic E-state index is -4.42. The molecule has 0 bridgehead atoms. The molecule has 0 fully saturated rings. The van der Waals surface area contributed by atoms with Gasteiger partial charge >= 0.3 is 61.6 Å². The van der Waals surface area contributed by atoms with Crippen LogP contribution in [-0.2, 0) is 65.4 Å². The van der Waals surface area contributed by atoms with Crippen LogP contribution in [-0.4, -0.2) is 114 Å². The van der Waals surface area contributed by atoms with Gasteiger partial charge in [0.15, 0.2) is 0 Å². The molecule has 0 aliphatic carbocycles. The predicted octanol–water partition coefficient (Wildman–Crippen LogP) is 2.63. The van der Waals surface area contributed by atoms with Gasteiger partial charge in [-0.15, -0.1) is 0 Å². The molecule has 16 nitrogen and oxygen atoms in total. The fraction of sp³-hybridized carbons (Fsp3) is 0.571. The Hall–Kier alpha value is -1.68. The summed E-state index contributed by atoms with van der Waals surface area (Å²) in [6, 6.07) is 0. The zero-order valence-corrected chi connectivity index (χ0v) is 31.4. The number of esters is 4. The van der Waals surface area contributed by atoms with Gasteiger partial charge in [-0.2, -0.15) is 0 Å². The van der Waals surface area contributed by atoms with Crippen molar-refractivity contribution in [1.82, 2.24) is 0 Å². The molecule has 0 N–H and O–H groups in total. The van der Waals surface area contributed by atoms with Crippen molar-refractivity contribution in [3.8, 4) is 0 Å². The standard InChI is InChI=1S/2C14H23O8P.Ca/c2*1-11(2)13(15)19-7-5-9-21-23(17,18)22-10-6-8-20-14(16)12(3)4;/h2*1,3,5-10H2,2,4H3,(H,17,18);/q;;+2/p-2. The molecule has 0 aromatic rings. The molecular formula is C28H44CaO16P2. The number of rotatable bonds is 24. The van der Waals surface area contributed by atoms with Gasteiger partial charge in [-0.1, -0.05) is 26.3 Å². The summed E-state index contributed by atoms with van der Waals surface area (Å²) in [5, 5.41) is 0. The van der Waals surface area contributed by atoms with E-state index in [-0.39, 0.29) is 139 Å². The van der Waals surface area contributed by atoms with E-state index in [0.29, 0.717) is 0 Å². The van der Waals surface area contributed by atoms with Crippen LogP contribution in [0.5, 0.6) is 0 Å². The Morgan fingerprint density at radius 2 is 0.617 bits per heavy atom. The van der Waals surface area contributed by atoms with Crippen LogP contribution >= 0.6 is 15.6 Å². The summed E-state index contributed by atoms with van der Waals surface area (Å²) in [7, 11) is -8.85. The van der Waals surface area contributed by atoms with Crippen molar-refractivity contribution in [2.24, 2.45) is 0 Å². The summed E-state index contributed by atoms with van der Waals surface area (Å²) in [5.74, 6) is -2.18. The largest absolute Gasteiger partial charge is 2.00 e. The molecule has 0 unspecified atom stereocenters. The summed E-state index contributed by atoms with van der Waals surface area (Å²) >= 11 is 0. The van der Waals surface area contributed by atoms with Gasteiger partial charge in [0.1, 0.15) is 0 Å². The van der Waals surface area contributed by atoms with Gasteiger partial charge in [-0.3, -0.25) is 9.13 Å². The first-order valence-electron chi connectivity index (χ1n) is 13.8. The Morgan fingerprint density at radius 1 is 0.447 bits per heavy atom. The van der Waals surface area contributed by atoms with Crippen LogP contribution in [0.1, 0.15) is 53.4 Å². The molecule has 0 atom stereocenters. The minimum absolute atomic E-state index is 0. The van der Waals surface area contributed by atoms with E-state index in [1.54, 1.807) is 0 Å². The molecule has 19 heteroatoms. The fourth-order valence-electron chi connectivity index (χ4n) is 2.17. The van der Waals surface area contributed by atoms with Crippen LogP contribution in [0.4, 0.5) is 0 Å². The molecule has 0 aromatic carbocycles. The fourth-order valence-corrected chi connectivity index (χ4v) is 3.73. The van der Waals surface area contributed by atoms with Gasteiger partial charge in [-0.05, 0) is 27.7 Å². The van der Waals surface area contributed by atoms with Gasteiger partial charge in [0.2, 0.25) is 0 Å². The van der Waals surface area contributed by atoms with E-state index in [1.165, 1.54) is 27.7 Å². The van der Waals surface area contributed by atoms with E-state index >= 15 is 0 Å². The third-order valence-corrected chi connectivity index (χ3v) is 6.47. The zero-order chi connectivity index (χ0) is 35.8. The second kappa shape index (κ2) is 28.2. The van der Waals surface area contributed by atoms with Gasteiger partial charge in [0.05, 0.1) is 52.9 Å². The molecule has 0 spiro atoms. The minimum Gasteiger partial charge on any atom is -0.756 e. The Bertz CT molecular complexity index is 985. The maximum absolute atomic E-state index is 11.4. The molecule has 0 amide bonds. The summed E-state index contributed by atoms with van der Waals surface area (Å²) in [4.78, 5) is 67.0. The number of carbonyl (C=O) groups is 4. The molecule has 0 saturated heterocycles. The van der Waals surface area contributed by atoms with Crippen molar-refractivity contribution in [3.63, 3.8) is 0 Å². The van der Waals surface area contributed by atoms with Crippen LogP contribution in [0, 0.1) is 0 Å². The number of phosphoric ester groups is 2. The molecule has 0 heterocycles. The van der Waals surface area contributed by atoms with E-state index in [4.69, 9.17) is 18.9 Å². The van der Waals surface area contributed by atoms with Crippen molar-refractivity contribution in [3.05, 3.63) is 48.6 Å². The first-order chi connectivity index (χ1) is 21.3. The molecule has 0 rings (SSSR count). The molecular weight excluding hydrogens is 694 g/mol. The van der Waals surface area contributed by atoms with Gasteiger partial charge in [-0.25, -0.2) is 19.2 Å². The van der Waals surface area contributed by atoms with E-state index in [1.807, 2.05) is 0 Å². The smallest absolute Gasteiger partial charge is 0.756 e. The summed E-state index contributed by atoms with van der Waals surface area (Å²) in [6.45, 7) is 19.0. The van der Waals surface area contributed by atoms with Crippen LogP contribution < -0.4 is 9.79 Å². The van der Waals surface area contributed by atoms with Crippen molar-refractivity contribution < 1.29 is 75.1 Å². The Morgan fingerprint density at radius 3 is 0.766 bits per heavy atom. The Kier molecular flexibility index (Phi) is 29.8. The molecule has 0 saturated carbocycles.